The van der Waals surface area contributed by atoms with Crippen molar-refractivity contribution in [1.29, 1.82) is 0 Å². The molecule has 0 radical (unpaired) electrons. The summed E-state index contributed by atoms with van der Waals surface area (Å²) in [5.41, 5.74) is 0.907. The second-order valence-corrected chi connectivity index (χ2v) is 1.94. The highest BCUT2D eigenvalue weighted by atomic mass is 16.5. The van der Waals surface area contributed by atoms with Gasteiger partial charge in [0.05, 0.1) is 6.20 Å². The number of nitrogens with one attached hydrogen (secondary N) is 1. The maximum Gasteiger partial charge on any atom is 0.153 e. The van der Waals surface area contributed by atoms with Crippen LogP contribution >= 0.6 is 0 Å². The van der Waals surface area contributed by atoms with Crippen molar-refractivity contribution in [3.8, 4) is 5.75 Å². The van der Waals surface area contributed by atoms with Crippen LogP contribution in [0, 0.1) is 0 Å². The van der Waals surface area contributed by atoms with E-state index in [4.69, 9.17) is 4.74 Å². The van der Waals surface area contributed by atoms with Crippen LogP contribution in [0.5, 0.6) is 5.75 Å². The average Bonchev–Trinajstić information content (AvgIpc) is 2.05. The molecule has 1 aromatic heterocycles. The Morgan fingerprint density at radius 1 is 1.50 bits per heavy atom. The van der Waals surface area contributed by atoms with E-state index in [9.17, 15) is 0 Å². The Bertz CT molecular complexity index is 243. The Balaban J connectivity index is 2.47. The Hall–Kier alpha value is -1.51. The first-order valence-electron chi connectivity index (χ1n) is 2.99. The molecule has 2 rings (SSSR count). The van der Waals surface area contributed by atoms with Gasteiger partial charge in [0, 0.05) is 18.5 Å². The molecule has 1 N–H and O–H groups in total. The highest BCUT2D eigenvalue weighted by Gasteiger charge is 2.02. The van der Waals surface area contributed by atoms with Gasteiger partial charge in [-0.25, -0.2) is 0 Å². The molecule has 0 unspecified atom stereocenters. The van der Waals surface area contributed by atoms with E-state index in [-0.39, 0.29) is 0 Å². The molecule has 0 aliphatic carbocycles. The summed E-state index contributed by atoms with van der Waals surface area (Å²) in [5, 5.41) is 2.99. The van der Waals surface area contributed by atoms with Gasteiger partial charge in [-0.05, 0) is 0 Å². The summed E-state index contributed by atoms with van der Waals surface area (Å²) in [6.07, 6.45) is 6.74. The summed E-state index contributed by atoms with van der Waals surface area (Å²) in [6, 6.07) is 1.81. The van der Waals surface area contributed by atoms with Gasteiger partial charge in [0.1, 0.15) is 11.9 Å². The van der Waals surface area contributed by atoms with Crippen LogP contribution in [0.2, 0.25) is 0 Å². The third-order valence-corrected chi connectivity index (χ3v) is 1.28. The summed E-state index contributed by atoms with van der Waals surface area (Å²) in [6.45, 7) is 0. The van der Waals surface area contributed by atoms with Crippen molar-refractivity contribution in [2.75, 3.05) is 5.32 Å². The summed E-state index contributed by atoms with van der Waals surface area (Å²) in [7, 11) is 0. The molecule has 0 saturated heterocycles. The third kappa shape index (κ3) is 0.719. The molecule has 0 aromatic carbocycles. The molecule has 10 heavy (non-hydrogen) atoms. The number of pyridine rings is 1. The van der Waals surface area contributed by atoms with Crippen molar-refractivity contribution in [2.24, 2.45) is 0 Å². The van der Waals surface area contributed by atoms with Crippen LogP contribution in [0.4, 0.5) is 5.69 Å². The molecule has 0 bridgehead atoms. The minimum atomic E-state index is 0.817. The number of anilines is 1. The maximum atomic E-state index is 5.14. The third-order valence-electron chi connectivity index (χ3n) is 1.28. The van der Waals surface area contributed by atoms with Gasteiger partial charge in [-0.1, -0.05) is 0 Å². The first-order valence-corrected chi connectivity index (χ1v) is 2.99. The summed E-state index contributed by atoms with van der Waals surface area (Å²) in [4.78, 5) is 3.92. The zero-order valence-corrected chi connectivity index (χ0v) is 5.24. The van der Waals surface area contributed by atoms with E-state index in [1.165, 1.54) is 0 Å². The standard InChI is InChI=1S/C7H6N2O/c1-2-8-5-6-7(1)10-4-3-9-6/h1-5,9H. The maximum absolute atomic E-state index is 5.14. The fraction of sp³-hybridized carbons (Fsp3) is 0. The van der Waals surface area contributed by atoms with Gasteiger partial charge in [0.2, 0.25) is 0 Å². The van der Waals surface area contributed by atoms with Crippen molar-refractivity contribution in [3.63, 3.8) is 0 Å². The largest absolute Gasteiger partial charge is 0.461 e. The molecule has 2 heterocycles. The van der Waals surface area contributed by atoms with Gasteiger partial charge in [-0.15, -0.1) is 0 Å². The van der Waals surface area contributed by atoms with E-state index in [0.29, 0.717) is 0 Å². The van der Waals surface area contributed by atoms with Gasteiger partial charge >= 0.3 is 0 Å². The van der Waals surface area contributed by atoms with E-state index in [0.717, 1.165) is 11.4 Å². The molecule has 0 fully saturated rings. The number of nitrogens with zero attached hydrogens (tertiary/aromatic N) is 1. The lowest BCUT2D eigenvalue weighted by Gasteiger charge is -2.10. The molecule has 1 aliphatic heterocycles. The number of ether oxygens (including phenoxy) is 1. The van der Waals surface area contributed by atoms with Crippen molar-refractivity contribution in [3.05, 3.63) is 30.9 Å². The number of aromatic nitrogens is 1. The molecule has 0 saturated carbocycles. The predicted molar refractivity (Wildman–Crippen MR) is 37.6 cm³/mol. The Labute approximate surface area is 58.3 Å². The monoisotopic (exact) mass is 134 g/mol. The lowest BCUT2D eigenvalue weighted by Crippen LogP contribution is -1.98. The highest BCUT2D eigenvalue weighted by Crippen LogP contribution is 2.24. The SMILES string of the molecule is C1=COc2ccncc2N1. The summed E-state index contributed by atoms with van der Waals surface area (Å²) < 4.78 is 5.14. The molecule has 1 aromatic rings. The minimum Gasteiger partial charge on any atom is -0.461 e. The molecule has 1 aliphatic rings. The van der Waals surface area contributed by atoms with Crippen molar-refractivity contribution >= 4 is 5.69 Å². The number of rotatable bonds is 0. The molecule has 3 nitrogen and oxygen atoms in total. The Kier molecular flexibility index (Phi) is 1.07. The second-order valence-electron chi connectivity index (χ2n) is 1.94. The number of fused-ring (bicyclic) bond motifs is 1. The van der Waals surface area contributed by atoms with Gasteiger partial charge in [-0.2, -0.15) is 0 Å². The van der Waals surface area contributed by atoms with Crippen LogP contribution in [0.1, 0.15) is 0 Å². The molecular weight excluding hydrogens is 128 g/mol. The lowest BCUT2D eigenvalue weighted by molar-refractivity contribution is 0.476. The summed E-state index contributed by atoms with van der Waals surface area (Å²) in [5.74, 6) is 0.817. The second kappa shape index (κ2) is 2.02. The predicted octanol–water partition coefficient (Wildman–Crippen LogP) is 1.36. The average molecular weight is 134 g/mol. The summed E-state index contributed by atoms with van der Waals surface area (Å²) >= 11 is 0. The van der Waals surface area contributed by atoms with Gasteiger partial charge in [0.25, 0.3) is 0 Å². The minimum absolute atomic E-state index is 0.817. The molecule has 0 atom stereocenters. The number of hydrogen-bond acceptors (Lipinski definition) is 3. The first kappa shape index (κ1) is 5.29. The van der Waals surface area contributed by atoms with Gasteiger partial charge in [0.15, 0.2) is 5.75 Å². The van der Waals surface area contributed by atoms with Crippen molar-refractivity contribution in [2.45, 2.75) is 0 Å². The van der Waals surface area contributed by atoms with E-state index < -0.39 is 0 Å². The first-order chi connectivity index (χ1) is 4.97. The zero-order valence-electron chi connectivity index (χ0n) is 5.24. The van der Waals surface area contributed by atoms with Crippen molar-refractivity contribution in [1.82, 2.24) is 4.98 Å². The van der Waals surface area contributed by atoms with Gasteiger partial charge in [-0.3, -0.25) is 4.98 Å². The molecule has 0 spiro atoms. The molecule has 50 valence electrons. The molecule has 0 amide bonds. The fourth-order valence-electron chi connectivity index (χ4n) is 0.824. The zero-order chi connectivity index (χ0) is 6.81. The fourth-order valence-corrected chi connectivity index (χ4v) is 0.824. The van der Waals surface area contributed by atoms with Crippen LogP contribution in [0.15, 0.2) is 30.9 Å². The molecular formula is C7H6N2O. The Morgan fingerprint density at radius 2 is 2.50 bits per heavy atom. The van der Waals surface area contributed by atoms with Crippen LogP contribution in [-0.4, -0.2) is 4.98 Å². The van der Waals surface area contributed by atoms with Crippen LogP contribution in [-0.2, 0) is 0 Å². The topological polar surface area (TPSA) is 34.1 Å². The Morgan fingerprint density at radius 3 is 3.40 bits per heavy atom. The quantitative estimate of drug-likeness (QED) is 0.581. The van der Waals surface area contributed by atoms with E-state index >= 15 is 0 Å². The lowest BCUT2D eigenvalue weighted by atomic mass is 10.4. The van der Waals surface area contributed by atoms with E-state index in [1.54, 1.807) is 24.9 Å². The smallest absolute Gasteiger partial charge is 0.153 e. The van der Waals surface area contributed by atoms with Crippen LogP contribution in [0.25, 0.3) is 0 Å². The van der Waals surface area contributed by atoms with Crippen molar-refractivity contribution < 1.29 is 4.74 Å². The molecule has 3 heteroatoms. The van der Waals surface area contributed by atoms with Gasteiger partial charge < -0.3 is 10.1 Å². The number of hydrogen-bond donors (Lipinski definition) is 1. The van der Waals surface area contributed by atoms with E-state index in [2.05, 4.69) is 10.3 Å². The van der Waals surface area contributed by atoms with E-state index in [1.807, 2.05) is 6.07 Å². The highest BCUT2D eigenvalue weighted by molar-refractivity contribution is 5.57. The normalized spacial score (nSPS) is 13.2. The van der Waals surface area contributed by atoms with Crippen LogP contribution in [0.3, 0.4) is 0 Å². The van der Waals surface area contributed by atoms with Crippen LogP contribution < -0.4 is 10.1 Å².